The first-order chi connectivity index (χ1) is 22.6. The highest BCUT2D eigenvalue weighted by Gasteiger charge is 2.75. The van der Waals surface area contributed by atoms with Crippen LogP contribution in [0, 0.1) is 24.7 Å². The molecule has 3 amide bonds. The van der Waals surface area contributed by atoms with Gasteiger partial charge in [0.15, 0.2) is 0 Å². The predicted molar refractivity (Wildman–Crippen MR) is 190 cm³/mol. The van der Waals surface area contributed by atoms with Gasteiger partial charge in [-0.3, -0.25) is 14.4 Å². The summed E-state index contributed by atoms with van der Waals surface area (Å²) in [5.74, 6) is -1.41. The number of nitrogens with zero attached hydrogens (tertiary/aromatic N) is 3. The average molecular weight is 680 g/mol. The maximum Gasteiger partial charge on any atom is 0.251 e. The fourth-order valence-electron chi connectivity index (χ4n) is 7.88. The van der Waals surface area contributed by atoms with Gasteiger partial charge >= 0.3 is 0 Å². The number of rotatable bonds is 14. The smallest absolute Gasteiger partial charge is 0.251 e. The molecule has 3 aliphatic rings. The molecule has 252 valence electrons. The molecule has 2 unspecified atom stereocenters. The number of carbonyl (C=O) groups excluding carboxylic acids is 3. The molecule has 0 aromatic heterocycles. The topological polar surface area (TPSA) is 90.4 Å². The van der Waals surface area contributed by atoms with Crippen molar-refractivity contribution in [1.82, 2.24) is 4.90 Å². The predicted octanol–water partition coefficient (Wildman–Crippen LogP) is 6.28. The molecule has 8 nitrogen and oxygen atoms in total. The molecule has 3 fully saturated rings. The fourth-order valence-corrected chi connectivity index (χ4v) is 10.4. The van der Waals surface area contributed by atoms with Gasteiger partial charge < -0.3 is 24.5 Å². The number of aryl methyl sites for hydroxylation is 1. The number of halogens is 1. The Balaban J connectivity index is 1.61. The van der Waals surface area contributed by atoms with Crippen molar-refractivity contribution in [3.8, 4) is 5.75 Å². The standard InChI is InChI=1S/C37H46ClN3O5S/c1-7-20-39(25-14-16-26(17-15-25)46-10-4)34(43)30-29-18-19-37(47-29)31(30)35(44)41(28(22-42)23(5)9-3)33(37)36(45)40(21-8-2)32-24(6)12-11-13-27(32)38/h7-8,11-17,23,28-31,33,42H,1-2,9-10,18-22H2,3-6H3/t23-,28-,29+,30-,31-,33?,37?/m0/s1. The number of anilines is 2. The summed E-state index contributed by atoms with van der Waals surface area (Å²) in [6, 6.07) is 11.4. The van der Waals surface area contributed by atoms with Crippen LogP contribution in [0.5, 0.6) is 5.75 Å². The van der Waals surface area contributed by atoms with Gasteiger partial charge in [0, 0.05) is 24.0 Å². The number of thioether (sulfide) groups is 1. The summed E-state index contributed by atoms with van der Waals surface area (Å²) in [6.45, 7) is 16.3. The minimum atomic E-state index is -0.895. The molecule has 10 heteroatoms. The van der Waals surface area contributed by atoms with E-state index in [2.05, 4.69) is 13.2 Å². The minimum Gasteiger partial charge on any atom is -0.494 e. The number of hydrogen-bond donors (Lipinski definition) is 1. The monoisotopic (exact) mass is 679 g/mol. The summed E-state index contributed by atoms with van der Waals surface area (Å²) < 4.78 is 4.77. The molecule has 3 heterocycles. The molecule has 47 heavy (non-hydrogen) atoms. The molecule has 2 aromatic rings. The fraction of sp³-hybridized carbons (Fsp3) is 0.486. The largest absolute Gasteiger partial charge is 0.494 e. The van der Waals surface area contributed by atoms with E-state index in [0.717, 1.165) is 5.56 Å². The molecule has 3 aliphatic heterocycles. The van der Waals surface area contributed by atoms with Crippen molar-refractivity contribution in [3.05, 3.63) is 78.4 Å². The van der Waals surface area contributed by atoms with Gasteiger partial charge in [0.2, 0.25) is 11.8 Å². The van der Waals surface area contributed by atoms with Gasteiger partial charge in [-0.2, -0.15) is 0 Å². The minimum absolute atomic E-state index is 0.0816. The van der Waals surface area contributed by atoms with E-state index >= 15 is 4.79 Å². The summed E-state index contributed by atoms with van der Waals surface area (Å²) in [4.78, 5) is 49.6. The van der Waals surface area contributed by atoms with Crippen LogP contribution in [-0.4, -0.2) is 76.1 Å². The number of carbonyl (C=O) groups is 3. The van der Waals surface area contributed by atoms with Crippen molar-refractivity contribution in [2.24, 2.45) is 17.8 Å². The molecule has 1 N–H and O–H groups in total. The number of para-hydroxylation sites is 1. The SMILES string of the molecule is C=CCN(C(=O)[C@@H]1[C@H]2C(=O)N([C@@H](CO)[C@@H](C)CC)C(C(=O)N(CC=C)c3c(C)cccc3Cl)C23CC[C@H]1S3)c1ccc(OCC)cc1. The quantitative estimate of drug-likeness (QED) is 0.236. The molecule has 0 aliphatic carbocycles. The van der Waals surface area contributed by atoms with E-state index in [1.54, 1.807) is 44.7 Å². The van der Waals surface area contributed by atoms with Gasteiger partial charge in [0.1, 0.15) is 11.8 Å². The Labute approximate surface area is 287 Å². The van der Waals surface area contributed by atoms with Crippen LogP contribution < -0.4 is 14.5 Å². The Bertz CT molecular complexity index is 1500. The van der Waals surface area contributed by atoms with E-state index in [4.69, 9.17) is 16.3 Å². The second kappa shape index (κ2) is 14.5. The third-order valence-corrected chi connectivity index (χ3v) is 12.4. The summed E-state index contributed by atoms with van der Waals surface area (Å²) >= 11 is 8.33. The van der Waals surface area contributed by atoms with Crippen molar-refractivity contribution in [3.63, 3.8) is 0 Å². The number of benzene rings is 2. The lowest BCUT2D eigenvalue weighted by atomic mass is 9.70. The molecule has 2 bridgehead atoms. The Morgan fingerprint density at radius 3 is 2.40 bits per heavy atom. The van der Waals surface area contributed by atoms with Crippen LogP contribution in [0.25, 0.3) is 0 Å². The summed E-state index contributed by atoms with van der Waals surface area (Å²) in [5, 5.41) is 11.1. The molecule has 0 saturated carbocycles. The lowest BCUT2D eigenvalue weighted by Gasteiger charge is -2.41. The second-order valence-electron chi connectivity index (χ2n) is 12.7. The zero-order valence-electron chi connectivity index (χ0n) is 27.7. The van der Waals surface area contributed by atoms with Crippen LogP contribution in [0.15, 0.2) is 67.8 Å². The molecular formula is C37H46ClN3O5S. The van der Waals surface area contributed by atoms with E-state index in [1.165, 1.54) is 0 Å². The van der Waals surface area contributed by atoms with Crippen molar-refractivity contribution in [2.75, 3.05) is 36.1 Å². The Hall–Kier alpha value is -3.27. The van der Waals surface area contributed by atoms with Gasteiger partial charge in [-0.15, -0.1) is 24.9 Å². The van der Waals surface area contributed by atoms with Gasteiger partial charge in [-0.1, -0.05) is 56.2 Å². The maximum atomic E-state index is 15.1. The third-order valence-electron chi connectivity index (χ3n) is 10.2. The number of ether oxygens (including phenoxy) is 1. The first kappa shape index (κ1) is 35.0. The van der Waals surface area contributed by atoms with E-state index in [-0.39, 0.29) is 48.6 Å². The van der Waals surface area contributed by atoms with E-state index in [0.29, 0.717) is 48.0 Å². The van der Waals surface area contributed by atoms with Crippen LogP contribution in [0.1, 0.15) is 45.6 Å². The molecule has 3 saturated heterocycles. The number of aliphatic hydroxyl groups is 1. The lowest BCUT2D eigenvalue weighted by molar-refractivity contribution is -0.143. The Kier molecular flexibility index (Phi) is 10.8. The van der Waals surface area contributed by atoms with Gasteiger partial charge in [-0.05, 0) is 68.5 Å². The van der Waals surface area contributed by atoms with Crippen molar-refractivity contribution in [2.45, 2.75) is 69.0 Å². The van der Waals surface area contributed by atoms with Gasteiger partial charge in [-0.25, -0.2) is 0 Å². The van der Waals surface area contributed by atoms with E-state index in [1.807, 2.05) is 64.1 Å². The normalized spacial score (nSPS) is 25.7. The number of amides is 3. The molecule has 1 spiro atoms. The van der Waals surface area contributed by atoms with Gasteiger partial charge in [0.05, 0.1) is 46.5 Å². The van der Waals surface area contributed by atoms with Gasteiger partial charge in [0.25, 0.3) is 5.91 Å². The summed E-state index contributed by atoms with van der Waals surface area (Å²) in [5.41, 5.74) is 2.09. The van der Waals surface area contributed by atoms with Crippen molar-refractivity contribution >= 4 is 52.5 Å². The number of aliphatic hydroxyl groups excluding tert-OH is 1. The lowest BCUT2D eigenvalue weighted by Crippen LogP contribution is -2.59. The van der Waals surface area contributed by atoms with Crippen molar-refractivity contribution < 1.29 is 24.2 Å². The highest BCUT2D eigenvalue weighted by atomic mass is 35.5. The Morgan fingerprint density at radius 1 is 1.13 bits per heavy atom. The second-order valence-corrected chi connectivity index (χ2v) is 14.8. The van der Waals surface area contributed by atoms with Crippen LogP contribution in [-0.2, 0) is 14.4 Å². The van der Waals surface area contributed by atoms with Crippen LogP contribution >= 0.6 is 23.4 Å². The third kappa shape index (κ3) is 6.00. The zero-order chi connectivity index (χ0) is 34.0. The summed E-state index contributed by atoms with van der Waals surface area (Å²) in [7, 11) is 0. The summed E-state index contributed by atoms with van der Waals surface area (Å²) in [6.07, 6.45) is 5.36. The zero-order valence-corrected chi connectivity index (χ0v) is 29.3. The van der Waals surface area contributed by atoms with Crippen LogP contribution in [0.4, 0.5) is 11.4 Å². The number of fused-ring (bicyclic) bond motifs is 1. The average Bonchev–Trinajstić information content (AvgIpc) is 3.71. The Morgan fingerprint density at radius 2 is 1.81 bits per heavy atom. The number of likely N-dealkylation sites (tertiary alicyclic amines) is 1. The number of hydrogen-bond acceptors (Lipinski definition) is 6. The van der Waals surface area contributed by atoms with Crippen LogP contribution in [0.3, 0.4) is 0 Å². The first-order valence-corrected chi connectivity index (χ1v) is 17.8. The molecule has 0 radical (unpaired) electrons. The molecular weight excluding hydrogens is 634 g/mol. The molecule has 2 aromatic carbocycles. The van der Waals surface area contributed by atoms with Crippen molar-refractivity contribution in [1.29, 1.82) is 0 Å². The van der Waals surface area contributed by atoms with E-state index < -0.39 is 28.7 Å². The van der Waals surface area contributed by atoms with E-state index in [9.17, 15) is 14.7 Å². The highest BCUT2D eigenvalue weighted by molar-refractivity contribution is 8.02. The molecule has 5 rings (SSSR count). The maximum absolute atomic E-state index is 15.1. The van der Waals surface area contributed by atoms with Crippen LogP contribution in [0.2, 0.25) is 5.02 Å². The molecule has 7 atom stereocenters. The first-order valence-electron chi connectivity index (χ1n) is 16.5. The highest BCUT2D eigenvalue weighted by Crippen LogP contribution is 2.67.